The van der Waals surface area contributed by atoms with E-state index >= 15 is 0 Å². The number of nitrogens with zero attached hydrogens (tertiary/aromatic N) is 2. The van der Waals surface area contributed by atoms with Gasteiger partial charge in [-0.05, 0) is 64.5 Å². The molecule has 7 fully saturated rings. The quantitative estimate of drug-likeness (QED) is 0.199. The van der Waals surface area contributed by atoms with Crippen LogP contribution in [-0.2, 0) is 60.6 Å². The summed E-state index contributed by atoms with van der Waals surface area (Å²) in [6.45, 7) is 11.7. The zero-order valence-electron chi connectivity index (χ0n) is 36.9. The lowest BCUT2D eigenvalue weighted by atomic mass is 9.95. The van der Waals surface area contributed by atoms with Crippen molar-refractivity contribution in [1.82, 2.24) is 20.4 Å². The molecule has 7 aliphatic heterocycles. The van der Waals surface area contributed by atoms with Gasteiger partial charge in [0.15, 0.2) is 29.9 Å². The number of carbonyl (C=O) groups is 3. The van der Waals surface area contributed by atoms with E-state index in [1.54, 1.807) is 13.8 Å². The van der Waals surface area contributed by atoms with Crippen LogP contribution in [0.25, 0.3) is 0 Å². The third-order valence-electron chi connectivity index (χ3n) is 12.5. The molecule has 2 aromatic rings. The van der Waals surface area contributed by atoms with Gasteiger partial charge in [0, 0.05) is 38.3 Å². The van der Waals surface area contributed by atoms with Gasteiger partial charge in [-0.3, -0.25) is 9.80 Å². The van der Waals surface area contributed by atoms with Crippen molar-refractivity contribution in [3.8, 4) is 0 Å². The van der Waals surface area contributed by atoms with E-state index in [4.69, 9.17) is 47.4 Å². The van der Waals surface area contributed by atoms with Gasteiger partial charge in [0.2, 0.25) is 11.6 Å². The van der Waals surface area contributed by atoms with Crippen LogP contribution in [0.4, 0.5) is 14.4 Å². The van der Waals surface area contributed by atoms with Gasteiger partial charge in [-0.25, -0.2) is 14.4 Å². The highest BCUT2D eigenvalue weighted by atomic mass is 16.9. The fraction of sp³-hybridized carbons (Fsp3) is 0.667. The van der Waals surface area contributed by atoms with Gasteiger partial charge in [0.25, 0.3) is 0 Å². The number of aliphatic hydroxyl groups excluding tert-OH is 2. The molecular weight excluding hydrogens is 837 g/mol. The Morgan fingerprint density at radius 3 is 1.62 bits per heavy atom. The van der Waals surface area contributed by atoms with E-state index in [0.717, 1.165) is 63.0 Å². The summed E-state index contributed by atoms with van der Waals surface area (Å²) in [7, 11) is 0. The summed E-state index contributed by atoms with van der Waals surface area (Å²) in [4.78, 5) is 40.3. The molecule has 7 heterocycles. The number of alkyl carbamates (subject to hydrolysis) is 2. The van der Waals surface area contributed by atoms with Gasteiger partial charge < -0.3 is 68.2 Å². The third-order valence-corrected chi connectivity index (χ3v) is 12.5. The highest BCUT2D eigenvalue weighted by Crippen LogP contribution is 2.46. The van der Waals surface area contributed by atoms with Gasteiger partial charge in [0.1, 0.15) is 31.5 Å². The molecule has 64 heavy (non-hydrogen) atoms. The molecule has 0 radical (unpaired) electrons. The Labute approximate surface area is 372 Å². The Morgan fingerprint density at radius 2 is 1.12 bits per heavy atom. The van der Waals surface area contributed by atoms with E-state index in [9.17, 15) is 24.6 Å². The Hall–Kier alpha value is -4.15. The molecule has 0 spiro atoms. The van der Waals surface area contributed by atoms with E-state index in [1.807, 2.05) is 74.5 Å². The fourth-order valence-corrected chi connectivity index (χ4v) is 9.49. The zero-order chi connectivity index (χ0) is 45.1. The number of rotatable bonds is 10. The van der Waals surface area contributed by atoms with E-state index in [2.05, 4.69) is 20.4 Å². The normalized spacial score (nSPS) is 33.6. The summed E-state index contributed by atoms with van der Waals surface area (Å²) < 4.78 is 57.5. The van der Waals surface area contributed by atoms with Crippen LogP contribution >= 0.6 is 0 Å². The summed E-state index contributed by atoms with van der Waals surface area (Å²) in [5.74, 6) is -3.97. The number of hydrogen-bond donors (Lipinski definition) is 4. The average Bonchev–Trinajstić information content (AvgIpc) is 3.89. The molecule has 8 atom stereocenters. The molecule has 7 saturated heterocycles. The van der Waals surface area contributed by atoms with Crippen molar-refractivity contribution in [3.63, 3.8) is 0 Å². The highest BCUT2D eigenvalue weighted by Gasteiger charge is 2.66. The minimum absolute atomic E-state index is 0.0115. The second-order valence-electron chi connectivity index (χ2n) is 18.4. The first-order valence-electron chi connectivity index (χ1n) is 22.2. The number of ether oxygens (including phenoxy) is 10. The SMILES string of the molecule is CC1(C)O[C@H]2[C@@H]3OC(=O)O[C@@H]3CO[C@@]2(CN2CCC(NC(=O)OCc3ccccc3)CC2)O1.CC1(C)O[C@H]2[C@H](O)[C@H](O)CO[C@@]2(CN2CCC(NC(=O)OCc3ccccc3)CC2)O1. The number of benzene rings is 2. The van der Waals surface area contributed by atoms with E-state index in [0.29, 0.717) is 13.1 Å². The van der Waals surface area contributed by atoms with Crippen molar-refractivity contribution in [1.29, 1.82) is 0 Å². The van der Waals surface area contributed by atoms with Crippen LogP contribution in [0.3, 0.4) is 0 Å². The summed E-state index contributed by atoms with van der Waals surface area (Å²) >= 11 is 0. The van der Waals surface area contributed by atoms with Crippen molar-refractivity contribution < 1.29 is 72.0 Å². The lowest BCUT2D eigenvalue weighted by molar-refractivity contribution is -0.297. The van der Waals surface area contributed by atoms with Crippen molar-refractivity contribution in [2.75, 3.05) is 52.5 Å². The average molecular weight is 899 g/mol. The van der Waals surface area contributed by atoms with Crippen LogP contribution in [0, 0.1) is 0 Å². The van der Waals surface area contributed by atoms with Crippen LogP contribution in [0.2, 0.25) is 0 Å². The molecule has 2 aromatic carbocycles. The first-order chi connectivity index (χ1) is 30.6. The molecule has 9 rings (SSSR count). The number of piperidine rings is 2. The second kappa shape index (κ2) is 19.4. The third kappa shape index (κ3) is 11.1. The molecule has 0 saturated carbocycles. The Balaban J connectivity index is 0.000000175. The molecule has 0 aliphatic carbocycles. The Kier molecular flexibility index (Phi) is 14.0. The largest absolute Gasteiger partial charge is 0.509 e. The van der Waals surface area contributed by atoms with Crippen molar-refractivity contribution >= 4 is 18.3 Å². The maximum atomic E-state index is 12.2. The Bertz CT molecular complexity index is 1900. The molecule has 19 nitrogen and oxygen atoms in total. The number of hydrogen-bond acceptors (Lipinski definition) is 17. The van der Waals surface area contributed by atoms with E-state index in [1.165, 1.54) is 0 Å². The molecule has 352 valence electrons. The van der Waals surface area contributed by atoms with Crippen molar-refractivity contribution in [3.05, 3.63) is 71.8 Å². The van der Waals surface area contributed by atoms with E-state index in [-0.39, 0.29) is 38.5 Å². The van der Waals surface area contributed by atoms with Crippen molar-refractivity contribution in [2.24, 2.45) is 0 Å². The molecule has 2 amide bonds. The van der Waals surface area contributed by atoms with E-state index < -0.39 is 78.1 Å². The predicted octanol–water partition coefficient (Wildman–Crippen LogP) is 3.14. The zero-order valence-corrected chi connectivity index (χ0v) is 36.9. The minimum atomic E-state index is -1.13. The summed E-state index contributed by atoms with van der Waals surface area (Å²) in [6.07, 6.45) is -2.95. The monoisotopic (exact) mass is 898 g/mol. The van der Waals surface area contributed by atoms with Gasteiger partial charge in [-0.15, -0.1) is 0 Å². The van der Waals surface area contributed by atoms with Crippen LogP contribution in [0.5, 0.6) is 0 Å². The number of fused-ring (bicyclic) bond motifs is 4. The second-order valence-corrected chi connectivity index (χ2v) is 18.4. The summed E-state index contributed by atoms with van der Waals surface area (Å²) in [6, 6.07) is 19.2. The predicted molar refractivity (Wildman–Crippen MR) is 223 cm³/mol. The standard InChI is InChI=1S/C23H30N2O8.C22H32N2O7/c1-22(2)32-19-18-17(30-21(27)31-18)13-29-23(19,33-22)14-25-10-8-16(9-11-25)24-20(26)28-12-15-6-4-3-5-7-15;1-21(2)30-19-18(26)17(25)13-29-22(19,31-21)14-24-10-8-16(9-11-24)23-20(27)28-12-15-6-4-3-5-7-15/h3-7,16-19H,8-14H2,1-2H3,(H,24,26);3-7,16-19,25-26H,8-14H2,1-2H3,(H,23,27)/t17-,18-,19+,23+;17-,18-,19+,22+/m11/s1. The number of amides is 2. The highest BCUT2D eigenvalue weighted by molar-refractivity contribution is 5.68. The molecule has 0 bridgehead atoms. The summed E-state index contributed by atoms with van der Waals surface area (Å²) in [5, 5.41) is 26.3. The molecule has 0 unspecified atom stereocenters. The van der Waals surface area contributed by atoms with Gasteiger partial charge in [0.05, 0.1) is 26.3 Å². The number of carbonyl (C=O) groups excluding carboxylic acids is 3. The van der Waals surface area contributed by atoms with Crippen LogP contribution in [-0.4, -0.2) is 163 Å². The minimum Gasteiger partial charge on any atom is -0.445 e. The van der Waals surface area contributed by atoms with Gasteiger partial charge in [-0.2, -0.15) is 0 Å². The smallest absolute Gasteiger partial charge is 0.445 e. The molecular formula is C45H62N4O15. The molecule has 7 aliphatic rings. The van der Waals surface area contributed by atoms with Gasteiger partial charge >= 0.3 is 18.3 Å². The Morgan fingerprint density at radius 1 is 0.672 bits per heavy atom. The van der Waals surface area contributed by atoms with Crippen molar-refractivity contribution in [2.45, 2.75) is 138 Å². The molecule has 4 N–H and O–H groups in total. The van der Waals surface area contributed by atoms with Gasteiger partial charge in [-0.1, -0.05) is 60.7 Å². The van der Waals surface area contributed by atoms with Crippen LogP contribution in [0.15, 0.2) is 60.7 Å². The lowest BCUT2D eigenvalue weighted by Gasteiger charge is -2.44. The topological polar surface area (TPSA) is 215 Å². The molecule has 0 aromatic heterocycles. The lowest BCUT2D eigenvalue weighted by Crippen LogP contribution is -2.64. The first kappa shape index (κ1) is 46.4. The maximum absolute atomic E-state index is 12.2. The number of aliphatic hydroxyl groups is 2. The molecule has 19 heteroatoms. The first-order valence-corrected chi connectivity index (χ1v) is 22.2. The number of likely N-dealkylation sites (tertiary alicyclic amines) is 2. The van der Waals surface area contributed by atoms with Crippen LogP contribution in [0.1, 0.15) is 64.5 Å². The fourth-order valence-electron chi connectivity index (χ4n) is 9.49. The number of nitrogens with one attached hydrogen (secondary N) is 2. The van der Waals surface area contributed by atoms with Crippen LogP contribution < -0.4 is 10.6 Å². The maximum Gasteiger partial charge on any atom is 0.509 e. The summed E-state index contributed by atoms with van der Waals surface area (Å²) in [5.41, 5.74) is 1.90.